The fraction of sp³-hybridized carbons (Fsp3) is 0.316. The highest BCUT2D eigenvalue weighted by Crippen LogP contribution is 2.31. The second kappa shape index (κ2) is 14.8. The zero-order valence-electron chi connectivity index (χ0n) is 28.1. The second-order valence-corrected chi connectivity index (χ2v) is 12.6. The van der Waals surface area contributed by atoms with Crippen molar-refractivity contribution < 1.29 is 23.9 Å². The van der Waals surface area contributed by atoms with E-state index < -0.39 is 18.3 Å². The third-order valence-corrected chi connectivity index (χ3v) is 9.00. The molecular formula is C38H42N6O5. The first-order valence-electron chi connectivity index (χ1n) is 16.6. The van der Waals surface area contributed by atoms with Crippen LogP contribution < -0.4 is 10.1 Å². The summed E-state index contributed by atoms with van der Waals surface area (Å²) in [5.41, 5.74) is 2.79. The molecule has 0 spiro atoms. The van der Waals surface area contributed by atoms with E-state index in [1.165, 1.54) is 4.90 Å². The van der Waals surface area contributed by atoms with Crippen molar-refractivity contribution in [3.8, 4) is 5.75 Å². The molecule has 11 heteroatoms. The van der Waals surface area contributed by atoms with Crippen molar-refractivity contribution in [1.82, 2.24) is 30.0 Å². The van der Waals surface area contributed by atoms with Gasteiger partial charge < -0.3 is 24.8 Å². The Morgan fingerprint density at radius 1 is 0.878 bits per heavy atom. The molecule has 2 fully saturated rings. The van der Waals surface area contributed by atoms with Gasteiger partial charge in [0, 0.05) is 40.2 Å². The second-order valence-electron chi connectivity index (χ2n) is 12.6. The molecule has 254 valence electrons. The Bertz CT molecular complexity index is 1810. The van der Waals surface area contributed by atoms with Gasteiger partial charge in [0.2, 0.25) is 11.8 Å². The Morgan fingerprint density at radius 2 is 1.59 bits per heavy atom. The topological polar surface area (TPSA) is 106 Å². The first kappa shape index (κ1) is 33.5. The van der Waals surface area contributed by atoms with Crippen LogP contribution in [0.1, 0.15) is 30.0 Å². The van der Waals surface area contributed by atoms with Crippen LogP contribution in [0.4, 0.5) is 9.59 Å². The van der Waals surface area contributed by atoms with Gasteiger partial charge >= 0.3 is 12.1 Å². The number of amides is 5. The van der Waals surface area contributed by atoms with Crippen LogP contribution >= 0.6 is 0 Å². The fourth-order valence-corrected chi connectivity index (χ4v) is 6.56. The Balaban J connectivity index is 1.30. The number of carbonyl (C=O) groups excluding carboxylic acids is 4. The summed E-state index contributed by atoms with van der Waals surface area (Å²) in [7, 11) is 3.22. The summed E-state index contributed by atoms with van der Waals surface area (Å²) in [5, 5.41) is 8.62. The lowest BCUT2D eigenvalue weighted by Crippen LogP contribution is -2.66. The molecule has 0 radical (unpaired) electrons. The van der Waals surface area contributed by atoms with Crippen LogP contribution in [0.15, 0.2) is 97.1 Å². The number of hydrogen-bond donors (Lipinski definition) is 1. The van der Waals surface area contributed by atoms with Crippen LogP contribution in [0.2, 0.25) is 0 Å². The van der Waals surface area contributed by atoms with Crippen molar-refractivity contribution in [1.29, 1.82) is 0 Å². The van der Waals surface area contributed by atoms with E-state index in [2.05, 4.69) is 23.5 Å². The summed E-state index contributed by atoms with van der Waals surface area (Å²) >= 11 is 0. The molecule has 4 aromatic carbocycles. The highest BCUT2D eigenvalue weighted by Gasteiger charge is 2.52. The minimum atomic E-state index is -0.794. The first-order valence-corrected chi connectivity index (χ1v) is 16.6. The van der Waals surface area contributed by atoms with Crippen LogP contribution in [0.3, 0.4) is 0 Å². The number of nitrogens with one attached hydrogen (secondary N) is 1. The van der Waals surface area contributed by atoms with E-state index in [1.807, 2.05) is 83.6 Å². The molecule has 2 heterocycles. The largest absolute Gasteiger partial charge is 0.414 e. The Labute approximate surface area is 286 Å². The molecule has 1 N–H and O–H groups in total. The molecule has 2 aliphatic rings. The molecule has 0 aliphatic carbocycles. The molecule has 0 unspecified atom stereocenters. The van der Waals surface area contributed by atoms with Crippen LogP contribution in [-0.4, -0.2) is 94.6 Å². The van der Waals surface area contributed by atoms with Gasteiger partial charge in [0.05, 0.1) is 13.1 Å². The summed E-state index contributed by atoms with van der Waals surface area (Å²) in [5.74, 6) is 0.0211. The third kappa shape index (κ3) is 7.36. The molecule has 0 aromatic heterocycles. The zero-order valence-corrected chi connectivity index (χ0v) is 28.1. The molecule has 11 nitrogen and oxygen atoms in total. The summed E-state index contributed by atoms with van der Waals surface area (Å²) in [4.78, 5) is 58.8. The van der Waals surface area contributed by atoms with Crippen molar-refractivity contribution in [2.75, 3.05) is 33.7 Å². The van der Waals surface area contributed by atoms with E-state index >= 15 is 0 Å². The molecule has 4 aromatic rings. The van der Waals surface area contributed by atoms with Crippen LogP contribution in [0, 0.1) is 0 Å². The van der Waals surface area contributed by atoms with E-state index in [-0.39, 0.29) is 37.4 Å². The molecular weight excluding hydrogens is 620 g/mol. The number of fused-ring (bicyclic) bond motifs is 2. The lowest BCUT2D eigenvalue weighted by Gasteiger charge is -2.46. The number of carbonyl (C=O) groups is 4. The lowest BCUT2D eigenvalue weighted by molar-refractivity contribution is -0.157. The lowest BCUT2D eigenvalue weighted by atomic mass is 9.99. The number of urea groups is 1. The van der Waals surface area contributed by atoms with Crippen LogP contribution in [0.25, 0.3) is 10.8 Å². The van der Waals surface area contributed by atoms with Gasteiger partial charge in [0.1, 0.15) is 18.0 Å². The quantitative estimate of drug-likeness (QED) is 0.260. The Morgan fingerprint density at radius 3 is 2.33 bits per heavy atom. The van der Waals surface area contributed by atoms with Crippen molar-refractivity contribution in [3.63, 3.8) is 0 Å². The molecule has 6 rings (SSSR count). The molecule has 0 bridgehead atoms. The number of nitrogens with zero attached hydrogens (tertiary/aromatic N) is 5. The minimum Gasteiger partial charge on any atom is -0.410 e. The maximum Gasteiger partial charge on any atom is 0.414 e. The molecule has 49 heavy (non-hydrogen) atoms. The monoisotopic (exact) mass is 662 g/mol. The van der Waals surface area contributed by atoms with Gasteiger partial charge in [-0.3, -0.25) is 14.6 Å². The highest BCUT2D eigenvalue weighted by molar-refractivity contribution is 5.92. The van der Waals surface area contributed by atoms with Crippen molar-refractivity contribution in [2.24, 2.45) is 0 Å². The van der Waals surface area contributed by atoms with Crippen molar-refractivity contribution in [3.05, 3.63) is 114 Å². The highest BCUT2D eigenvalue weighted by atomic mass is 16.6. The minimum absolute atomic E-state index is 0.0191. The first-order chi connectivity index (χ1) is 23.7. The Hall–Kier alpha value is -5.42. The van der Waals surface area contributed by atoms with Gasteiger partial charge in [-0.1, -0.05) is 91.9 Å². The van der Waals surface area contributed by atoms with E-state index in [0.29, 0.717) is 31.8 Å². The van der Waals surface area contributed by atoms with E-state index in [0.717, 1.165) is 27.5 Å². The van der Waals surface area contributed by atoms with Gasteiger partial charge in [0.15, 0.2) is 0 Å². The van der Waals surface area contributed by atoms with Gasteiger partial charge in [-0.25, -0.2) is 9.59 Å². The molecule has 2 saturated heterocycles. The van der Waals surface area contributed by atoms with Gasteiger partial charge in [-0.15, -0.1) is 0 Å². The predicted octanol–water partition coefficient (Wildman–Crippen LogP) is 4.86. The average Bonchev–Trinajstić information content (AvgIpc) is 3.44. The molecule has 2 atom stereocenters. The van der Waals surface area contributed by atoms with Crippen LogP contribution in [-0.2, 0) is 29.1 Å². The summed E-state index contributed by atoms with van der Waals surface area (Å²) in [6.45, 7) is 3.34. The number of hydrazine groups is 1. The molecule has 5 amide bonds. The number of piperazine rings is 1. The van der Waals surface area contributed by atoms with Crippen molar-refractivity contribution >= 4 is 34.7 Å². The standard InChI is InChI=1S/C38H42N6O5/c1-4-21-42(37(47)39-23-28-11-6-5-7-12-28)43-26-35(45)44-33(22-27-17-19-31(20-18-27)49-38(48)40(2)3)36(46)41(25-34(43)44)24-30-15-10-14-29-13-8-9-16-32(29)30/h5-20,33-34H,4,21-26H2,1-3H3,(H,39,47)/t33-,34+/m0/s1. The Kier molecular flexibility index (Phi) is 10.1. The molecule has 2 aliphatic heterocycles. The van der Waals surface area contributed by atoms with Gasteiger partial charge in [-0.2, -0.15) is 5.01 Å². The number of ether oxygens (including phenoxy) is 1. The third-order valence-electron chi connectivity index (χ3n) is 9.00. The summed E-state index contributed by atoms with van der Waals surface area (Å²) in [6.07, 6.45) is -0.0892. The van der Waals surface area contributed by atoms with Crippen molar-refractivity contribution in [2.45, 2.75) is 45.1 Å². The smallest absolute Gasteiger partial charge is 0.410 e. The number of hydrogen-bond acceptors (Lipinski definition) is 6. The number of benzene rings is 4. The predicted molar refractivity (Wildman–Crippen MR) is 186 cm³/mol. The van der Waals surface area contributed by atoms with E-state index in [4.69, 9.17) is 4.74 Å². The summed E-state index contributed by atoms with van der Waals surface area (Å²) < 4.78 is 5.38. The normalized spacial score (nSPS) is 17.6. The van der Waals surface area contributed by atoms with Gasteiger partial charge in [0.25, 0.3) is 0 Å². The maximum absolute atomic E-state index is 14.4. The zero-order chi connectivity index (χ0) is 34.5. The molecule has 0 saturated carbocycles. The van der Waals surface area contributed by atoms with Gasteiger partial charge in [-0.05, 0) is 46.0 Å². The van der Waals surface area contributed by atoms with E-state index in [1.54, 1.807) is 36.1 Å². The average molecular weight is 663 g/mol. The maximum atomic E-state index is 14.4. The summed E-state index contributed by atoms with van der Waals surface area (Å²) in [6, 6.07) is 29.7. The fourth-order valence-electron chi connectivity index (χ4n) is 6.56. The van der Waals surface area contributed by atoms with E-state index in [9.17, 15) is 19.2 Å². The van der Waals surface area contributed by atoms with Crippen LogP contribution in [0.5, 0.6) is 5.75 Å². The SMILES string of the molecule is CCCN(C(=O)NCc1ccccc1)N1CC(=O)N2[C@@H](Cc3ccc(OC(=O)N(C)C)cc3)C(=O)N(Cc3cccc4ccccc34)C[C@@H]21. The number of rotatable bonds is 10.